The Morgan fingerprint density at radius 2 is 1.23 bits per heavy atom. The molecule has 0 bridgehead atoms. The monoisotopic (exact) mass is 402 g/mol. The summed E-state index contributed by atoms with van der Waals surface area (Å²) in [5.41, 5.74) is 5.63. The van der Waals surface area contributed by atoms with Gasteiger partial charge in [-0.15, -0.1) is 0 Å². The Labute approximate surface area is 181 Å². The van der Waals surface area contributed by atoms with E-state index in [1.165, 1.54) is 11.1 Å². The highest BCUT2D eigenvalue weighted by atomic mass is 16.5. The van der Waals surface area contributed by atoms with Crippen LogP contribution in [-0.2, 0) is 0 Å². The van der Waals surface area contributed by atoms with Crippen molar-refractivity contribution in [3.63, 3.8) is 0 Å². The maximum absolute atomic E-state index is 12.1. The standard InChI is InChI=1S/C19H22O2.C9H12/c1-13(2)16-5-7-17(8-6-16)19(20)12-21-18-10-14(3)9-15(4)11-18;1-8(2)9-6-4-3-5-7-9/h5-11,13H,12H2,1-4H3;3-8H,1-2H3. The third kappa shape index (κ3) is 7.51. The smallest absolute Gasteiger partial charge is 0.200 e. The molecule has 0 heterocycles. The lowest BCUT2D eigenvalue weighted by atomic mass is 10.0. The minimum Gasteiger partial charge on any atom is -0.485 e. The average molecular weight is 403 g/mol. The van der Waals surface area contributed by atoms with E-state index in [9.17, 15) is 4.79 Å². The lowest BCUT2D eigenvalue weighted by Crippen LogP contribution is -2.11. The summed E-state index contributed by atoms with van der Waals surface area (Å²) in [7, 11) is 0. The van der Waals surface area contributed by atoms with Crippen LogP contribution in [0.1, 0.15) is 72.1 Å². The molecule has 3 aromatic rings. The Kier molecular flexibility index (Phi) is 8.86. The Morgan fingerprint density at radius 1 is 0.733 bits per heavy atom. The zero-order chi connectivity index (χ0) is 22.1. The molecule has 0 amide bonds. The maximum Gasteiger partial charge on any atom is 0.200 e. The molecule has 2 heteroatoms. The molecule has 0 saturated heterocycles. The van der Waals surface area contributed by atoms with Gasteiger partial charge in [0.1, 0.15) is 5.75 Å². The van der Waals surface area contributed by atoms with Crippen molar-refractivity contribution in [1.82, 2.24) is 0 Å². The SMILES string of the molecule is CC(C)c1ccccc1.Cc1cc(C)cc(OCC(=O)c2ccc(C(C)C)cc2)c1. The molecular formula is C28H34O2. The molecule has 0 fully saturated rings. The van der Waals surface area contributed by atoms with Crippen LogP contribution in [0.5, 0.6) is 5.75 Å². The Balaban J connectivity index is 0.000000297. The zero-order valence-electron chi connectivity index (χ0n) is 19.1. The highest BCUT2D eigenvalue weighted by molar-refractivity contribution is 5.97. The minimum atomic E-state index is 0.00413. The van der Waals surface area contributed by atoms with Crippen LogP contribution >= 0.6 is 0 Å². The van der Waals surface area contributed by atoms with Gasteiger partial charge in [0.2, 0.25) is 0 Å². The first kappa shape index (κ1) is 23.4. The summed E-state index contributed by atoms with van der Waals surface area (Å²) >= 11 is 0. The molecule has 0 atom stereocenters. The van der Waals surface area contributed by atoms with Crippen molar-refractivity contribution in [1.29, 1.82) is 0 Å². The van der Waals surface area contributed by atoms with E-state index in [-0.39, 0.29) is 12.4 Å². The fraction of sp³-hybridized carbons (Fsp3) is 0.321. The second-order valence-electron chi connectivity index (χ2n) is 8.38. The van der Waals surface area contributed by atoms with Gasteiger partial charge in [0.05, 0.1) is 0 Å². The molecule has 3 rings (SSSR count). The quantitative estimate of drug-likeness (QED) is 0.399. The number of aryl methyl sites for hydroxylation is 2. The summed E-state index contributed by atoms with van der Waals surface area (Å²) in [5, 5.41) is 0. The molecule has 0 radical (unpaired) electrons. The second kappa shape index (κ2) is 11.3. The molecule has 3 aromatic carbocycles. The number of Topliss-reactive ketones (excluding diaryl/α,β-unsaturated/α-hetero) is 1. The number of carbonyl (C=O) groups is 1. The number of rotatable bonds is 6. The van der Waals surface area contributed by atoms with Gasteiger partial charge in [-0.05, 0) is 60.1 Å². The zero-order valence-corrected chi connectivity index (χ0v) is 19.1. The normalized spacial score (nSPS) is 10.5. The molecule has 0 aliphatic carbocycles. The molecule has 0 unspecified atom stereocenters. The first-order valence-electron chi connectivity index (χ1n) is 10.7. The molecule has 0 saturated carbocycles. The molecule has 2 nitrogen and oxygen atoms in total. The van der Waals surface area contributed by atoms with Crippen LogP contribution in [0.4, 0.5) is 0 Å². The second-order valence-corrected chi connectivity index (χ2v) is 8.38. The lowest BCUT2D eigenvalue weighted by molar-refractivity contribution is 0.0921. The molecule has 0 aromatic heterocycles. The molecule has 0 aliphatic heterocycles. The van der Waals surface area contributed by atoms with Gasteiger partial charge in [-0.3, -0.25) is 4.79 Å². The summed E-state index contributed by atoms with van der Waals surface area (Å²) in [6, 6.07) is 24.3. The Bertz CT molecular complexity index is 902. The summed E-state index contributed by atoms with van der Waals surface area (Å²) in [5.74, 6) is 1.89. The summed E-state index contributed by atoms with van der Waals surface area (Å²) in [6.45, 7) is 12.8. The van der Waals surface area contributed by atoms with E-state index in [0.717, 1.165) is 16.9 Å². The topological polar surface area (TPSA) is 26.3 Å². The lowest BCUT2D eigenvalue weighted by Gasteiger charge is -2.09. The van der Waals surface area contributed by atoms with Crippen molar-refractivity contribution < 1.29 is 9.53 Å². The van der Waals surface area contributed by atoms with Crippen molar-refractivity contribution in [2.45, 2.75) is 53.4 Å². The number of carbonyl (C=O) groups excluding carboxylic acids is 1. The van der Waals surface area contributed by atoms with Gasteiger partial charge in [-0.1, -0.05) is 88.4 Å². The van der Waals surface area contributed by atoms with Gasteiger partial charge in [-0.25, -0.2) is 0 Å². The fourth-order valence-electron chi connectivity index (χ4n) is 3.14. The van der Waals surface area contributed by atoms with Crippen molar-refractivity contribution in [2.75, 3.05) is 6.61 Å². The molecule has 30 heavy (non-hydrogen) atoms. The van der Waals surface area contributed by atoms with Crippen LogP contribution in [0.15, 0.2) is 72.8 Å². The highest BCUT2D eigenvalue weighted by Crippen LogP contribution is 2.18. The predicted octanol–water partition coefficient (Wildman–Crippen LogP) is 7.50. The van der Waals surface area contributed by atoms with E-state index in [1.807, 2.05) is 56.3 Å². The first-order valence-corrected chi connectivity index (χ1v) is 10.7. The summed E-state index contributed by atoms with van der Waals surface area (Å²) in [6.07, 6.45) is 0. The number of benzene rings is 3. The number of ether oxygens (including phenoxy) is 1. The van der Waals surface area contributed by atoms with E-state index in [0.29, 0.717) is 17.4 Å². The summed E-state index contributed by atoms with van der Waals surface area (Å²) < 4.78 is 5.61. The average Bonchev–Trinajstić information content (AvgIpc) is 2.72. The predicted molar refractivity (Wildman–Crippen MR) is 127 cm³/mol. The van der Waals surface area contributed by atoms with Gasteiger partial charge < -0.3 is 4.74 Å². The number of ketones is 1. The van der Waals surface area contributed by atoms with E-state index in [1.54, 1.807) is 0 Å². The van der Waals surface area contributed by atoms with Crippen LogP contribution in [0.25, 0.3) is 0 Å². The van der Waals surface area contributed by atoms with Crippen molar-refractivity contribution in [3.05, 3.63) is 101 Å². The third-order valence-electron chi connectivity index (χ3n) is 4.93. The van der Waals surface area contributed by atoms with E-state index in [2.05, 4.69) is 58.0 Å². The largest absolute Gasteiger partial charge is 0.485 e. The van der Waals surface area contributed by atoms with Crippen LogP contribution in [-0.4, -0.2) is 12.4 Å². The minimum absolute atomic E-state index is 0.00413. The van der Waals surface area contributed by atoms with E-state index in [4.69, 9.17) is 4.74 Å². The van der Waals surface area contributed by atoms with Crippen LogP contribution in [0.2, 0.25) is 0 Å². The fourth-order valence-corrected chi connectivity index (χ4v) is 3.14. The van der Waals surface area contributed by atoms with E-state index < -0.39 is 0 Å². The Morgan fingerprint density at radius 3 is 1.70 bits per heavy atom. The molecule has 0 aliphatic rings. The van der Waals surface area contributed by atoms with Gasteiger partial charge in [-0.2, -0.15) is 0 Å². The van der Waals surface area contributed by atoms with Crippen molar-refractivity contribution >= 4 is 5.78 Å². The maximum atomic E-state index is 12.1. The first-order chi connectivity index (χ1) is 14.3. The molecule has 158 valence electrons. The number of hydrogen-bond acceptors (Lipinski definition) is 2. The van der Waals surface area contributed by atoms with Gasteiger partial charge in [0.25, 0.3) is 0 Å². The van der Waals surface area contributed by atoms with Crippen LogP contribution < -0.4 is 4.74 Å². The van der Waals surface area contributed by atoms with Crippen molar-refractivity contribution in [3.8, 4) is 5.75 Å². The van der Waals surface area contributed by atoms with Crippen molar-refractivity contribution in [2.24, 2.45) is 0 Å². The summed E-state index contributed by atoms with van der Waals surface area (Å²) in [4.78, 5) is 12.1. The van der Waals surface area contributed by atoms with Gasteiger partial charge >= 0.3 is 0 Å². The van der Waals surface area contributed by atoms with Gasteiger partial charge in [0, 0.05) is 5.56 Å². The van der Waals surface area contributed by atoms with Crippen LogP contribution in [0.3, 0.4) is 0 Å². The third-order valence-corrected chi connectivity index (χ3v) is 4.93. The highest BCUT2D eigenvalue weighted by Gasteiger charge is 2.08. The number of hydrogen-bond donors (Lipinski definition) is 0. The molecule has 0 spiro atoms. The van der Waals surface area contributed by atoms with E-state index >= 15 is 0 Å². The Hall–Kier alpha value is -2.87. The van der Waals surface area contributed by atoms with Gasteiger partial charge in [0.15, 0.2) is 12.4 Å². The molecular weight excluding hydrogens is 368 g/mol. The molecule has 0 N–H and O–H groups in total. The van der Waals surface area contributed by atoms with Crippen LogP contribution in [0, 0.1) is 13.8 Å².